The molecule has 1 aliphatic rings. The first-order valence-corrected chi connectivity index (χ1v) is 12.9. The molecule has 1 aliphatic heterocycles. The maximum Gasteiger partial charge on any atom is 0.336 e. The van der Waals surface area contributed by atoms with Crippen LogP contribution < -0.4 is 5.32 Å². The number of amides is 1. The van der Waals surface area contributed by atoms with Crippen LogP contribution in [-0.2, 0) is 6.54 Å². The van der Waals surface area contributed by atoms with Crippen LogP contribution in [0.25, 0.3) is 33.3 Å². The number of carboxylic acid groups (broad SMARTS) is 1. The van der Waals surface area contributed by atoms with Crippen molar-refractivity contribution < 1.29 is 14.7 Å². The van der Waals surface area contributed by atoms with Crippen molar-refractivity contribution in [2.75, 3.05) is 0 Å². The number of rotatable bonds is 5. The minimum absolute atomic E-state index is 0.0767. The summed E-state index contributed by atoms with van der Waals surface area (Å²) in [7, 11) is 0. The van der Waals surface area contributed by atoms with Gasteiger partial charge in [0.1, 0.15) is 0 Å². The van der Waals surface area contributed by atoms with E-state index in [1.807, 2.05) is 79.7 Å². The number of aromatic carboxylic acids is 1. The van der Waals surface area contributed by atoms with E-state index in [0.717, 1.165) is 50.8 Å². The Morgan fingerprint density at radius 3 is 2.45 bits per heavy atom. The predicted molar refractivity (Wildman–Crippen MR) is 151 cm³/mol. The van der Waals surface area contributed by atoms with E-state index in [2.05, 4.69) is 28.9 Å². The van der Waals surface area contributed by atoms with Crippen molar-refractivity contribution in [2.24, 2.45) is 0 Å². The third-order valence-corrected chi connectivity index (χ3v) is 7.66. The Kier molecular flexibility index (Phi) is 5.84. The van der Waals surface area contributed by atoms with Gasteiger partial charge in [-0.3, -0.25) is 4.79 Å². The Morgan fingerprint density at radius 1 is 0.921 bits per heavy atom. The molecule has 0 fully saturated rings. The lowest BCUT2D eigenvalue weighted by Gasteiger charge is -2.21. The van der Waals surface area contributed by atoms with E-state index < -0.39 is 5.97 Å². The molecule has 5 heteroatoms. The molecule has 38 heavy (non-hydrogen) atoms. The highest BCUT2D eigenvalue weighted by atomic mass is 16.4. The van der Waals surface area contributed by atoms with Crippen LogP contribution in [0.4, 0.5) is 0 Å². The summed E-state index contributed by atoms with van der Waals surface area (Å²) in [6.45, 7) is 4.68. The molecular weight excluding hydrogens is 472 g/mol. The molecule has 0 aliphatic carbocycles. The fourth-order valence-electron chi connectivity index (χ4n) is 5.73. The van der Waals surface area contributed by atoms with Crippen molar-refractivity contribution in [1.29, 1.82) is 0 Å². The molecule has 2 heterocycles. The summed E-state index contributed by atoms with van der Waals surface area (Å²) in [4.78, 5) is 25.6. The van der Waals surface area contributed by atoms with Gasteiger partial charge < -0.3 is 15.0 Å². The molecule has 1 atom stereocenters. The maximum absolute atomic E-state index is 13.3. The molecule has 1 amide bonds. The highest BCUT2D eigenvalue weighted by molar-refractivity contribution is 6.04. The van der Waals surface area contributed by atoms with Gasteiger partial charge in [-0.1, -0.05) is 67.6 Å². The van der Waals surface area contributed by atoms with E-state index in [-0.39, 0.29) is 17.5 Å². The average Bonchev–Trinajstić information content (AvgIpc) is 3.21. The molecular formula is C33H28N2O3. The van der Waals surface area contributed by atoms with Gasteiger partial charge in [-0.15, -0.1) is 0 Å². The molecule has 2 N–H and O–H groups in total. The van der Waals surface area contributed by atoms with E-state index in [4.69, 9.17) is 0 Å². The van der Waals surface area contributed by atoms with Gasteiger partial charge in [0.25, 0.3) is 5.91 Å². The van der Waals surface area contributed by atoms with E-state index in [1.54, 1.807) is 6.07 Å². The SMILES string of the molecule is CCC(NC(=O)c1ccc2c(c1)c(C)c1n2Cc2ccccc2-c2ccc(C(=O)O)c-1c2)c1ccccc1. The van der Waals surface area contributed by atoms with Gasteiger partial charge in [0.15, 0.2) is 0 Å². The van der Waals surface area contributed by atoms with E-state index in [9.17, 15) is 14.7 Å². The number of aryl methyl sites for hydroxylation is 1. The van der Waals surface area contributed by atoms with Crippen molar-refractivity contribution in [3.8, 4) is 22.4 Å². The van der Waals surface area contributed by atoms with Crippen LogP contribution in [0.2, 0.25) is 0 Å². The smallest absolute Gasteiger partial charge is 0.336 e. The van der Waals surface area contributed by atoms with Crippen LogP contribution >= 0.6 is 0 Å². The molecule has 0 saturated carbocycles. The van der Waals surface area contributed by atoms with E-state index >= 15 is 0 Å². The summed E-state index contributed by atoms with van der Waals surface area (Å²) >= 11 is 0. The van der Waals surface area contributed by atoms with Crippen molar-refractivity contribution in [1.82, 2.24) is 9.88 Å². The van der Waals surface area contributed by atoms with Crippen molar-refractivity contribution in [3.63, 3.8) is 0 Å². The lowest BCUT2D eigenvalue weighted by Crippen LogP contribution is -2.28. The van der Waals surface area contributed by atoms with Crippen molar-refractivity contribution >= 4 is 22.8 Å². The summed E-state index contributed by atoms with van der Waals surface area (Å²) in [6.07, 6.45) is 0.783. The molecule has 0 saturated heterocycles. The zero-order chi connectivity index (χ0) is 26.4. The molecule has 5 aromatic rings. The number of nitrogens with zero attached hydrogens (tertiary/aromatic N) is 1. The number of hydrogen-bond acceptors (Lipinski definition) is 2. The highest BCUT2D eigenvalue weighted by Crippen LogP contribution is 2.41. The largest absolute Gasteiger partial charge is 0.478 e. The Balaban J connectivity index is 1.49. The number of hydrogen-bond donors (Lipinski definition) is 2. The molecule has 5 nitrogen and oxygen atoms in total. The second-order valence-corrected chi connectivity index (χ2v) is 9.86. The minimum Gasteiger partial charge on any atom is -0.478 e. The van der Waals surface area contributed by atoms with Crippen LogP contribution in [0, 0.1) is 6.92 Å². The lowest BCUT2D eigenvalue weighted by atomic mass is 9.91. The summed E-state index contributed by atoms with van der Waals surface area (Å²) in [5, 5.41) is 14.1. The first-order chi connectivity index (χ1) is 18.5. The van der Waals surface area contributed by atoms with E-state index in [1.165, 1.54) is 0 Å². The number of aromatic nitrogens is 1. The number of carbonyl (C=O) groups excluding carboxylic acids is 1. The molecule has 1 unspecified atom stereocenters. The number of carboxylic acids is 1. The van der Waals surface area contributed by atoms with Crippen LogP contribution in [0.15, 0.2) is 91.0 Å². The Bertz CT molecular complexity index is 1720. The molecule has 1 aromatic heterocycles. The third kappa shape index (κ3) is 3.88. The molecule has 2 bridgehead atoms. The quantitative estimate of drug-likeness (QED) is 0.262. The zero-order valence-electron chi connectivity index (χ0n) is 21.4. The second-order valence-electron chi connectivity index (χ2n) is 9.86. The maximum atomic E-state index is 13.3. The van der Waals surface area contributed by atoms with E-state index in [0.29, 0.717) is 17.7 Å². The topological polar surface area (TPSA) is 71.3 Å². The van der Waals surface area contributed by atoms with Crippen LogP contribution in [0.3, 0.4) is 0 Å². The van der Waals surface area contributed by atoms with Gasteiger partial charge in [0.2, 0.25) is 0 Å². The van der Waals surface area contributed by atoms with Gasteiger partial charge in [0.05, 0.1) is 17.3 Å². The normalized spacial score (nSPS) is 12.7. The second kappa shape index (κ2) is 9.34. The third-order valence-electron chi connectivity index (χ3n) is 7.66. The van der Waals surface area contributed by atoms with Crippen LogP contribution in [0.1, 0.15) is 56.8 Å². The number of nitrogens with one attached hydrogen (secondary N) is 1. The fourth-order valence-corrected chi connectivity index (χ4v) is 5.73. The van der Waals surface area contributed by atoms with Gasteiger partial charge in [-0.25, -0.2) is 4.79 Å². The molecule has 0 radical (unpaired) electrons. The Morgan fingerprint density at radius 2 is 1.68 bits per heavy atom. The lowest BCUT2D eigenvalue weighted by molar-refractivity contribution is 0.0697. The fraction of sp³-hybridized carbons (Fsp3) is 0.152. The average molecular weight is 501 g/mol. The Labute approximate surface area is 221 Å². The summed E-state index contributed by atoms with van der Waals surface area (Å²) in [5.41, 5.74) is 8.70. The van der Waals surface area contributed by atoms with Crippen LogP contribution in [-0.4, -0.2) is 21.6 Å². The van der Waals surface area contributed by atoms with Crippen molar-refractivity contribution in [2.45, 2.75) is 32.9 Å². The minimum atomic E-state index is -0.955. The number of carbonyl (C=O) groups is 2. The first-order valence-electron chi connectivity index (χ1n) is 12.9. The molecule has 188 valence electrons. The van der Waals surface area contributed by atoms with Gasteiger partial charge in [0, 0.05) is 28.6 Å². The van der Waals surface area contributed by atoms with Gasteiger partial charge in [-0.2, -0.15) is 0 Å². The number of fused-ring (bicyclic) bond motifs is 8. The summed E-state index contributed by atoms with van der Waals surface area (Å²) in [6, 6.07) is 29.5. The molecule has 0 spiro atoms. The summed E-state index contributed by atoms with van der Waals surface area (Å²) in [5.74, 6) is -1.08. The van der Waals surface area contributed by atoms with Gasteiger partial charge in [-0.05, 0) is 71.5 Å². The van der Waals surface area contributed by atoms with Crippen molar-refractivity contribution in [3.05, 3.63) is 119 Å². The monoisotopic (exact) mass is 500 g/mol. The molecule has 4 aromatic carbocycles. The highest BCUT2D eigenvalue weighted by Gasteiger charge is 2.25. The van der Waals surface area contributed by atoms with Gasteiger partial charge >= 0.3 is 5.97 Å². The number of benzene rings is 4. The Hall–Kier alpha value is -4.64. The first kappa shape index (κ1) is 23.7. The van der Waals surface area contributed by atoms with Crippen LogP contribution in [0.5, 0.6) is 0 Å². The predicted octanol–water partition coefficient (Wildman–Crippen LogP) is 7.22. The standard InChI is InChI=1S/C33H28N2O3/c1-3-29(21-9-5-4-6-10-21)34-32(36)23-14-16-30-27(18-23)20(2)31-28-17-22(13-15-26(28)33(37)38)25-12-8-7-11-24(25)19-35(30)31/h4-18,29H,3,19H2,1-2H3,(H,34,36)(H,37,38). The zero-order valence-corrected chi connectivity index (χ0v) is 21.4. The molecule has 6 rings (SSSR count). The summed E-state index contributed by atoms with van der Waals surface area (Å²) < 4.78 is 2.19.